The Kier molecular flexibility index (Phi) is 10.0. The summed E-state index contributed by atoms with van der Waals surface area (Å²) in [5.41, 5.74) is 20.5. The summed E-state index contributed by atoms with van der Waals surface area (Å²) >= 11 is 0. The van der Waals surface area contributed by atoms with Crippen LogP contribution < -0.4 is 33.6 Å². The highest BCUT2D eigenvalue weighted by molar-refractivity contribution is 5.93. The molecule has 3 atom stereocenters. The summed E-state index contributed by atoms with van der Waals surface area (Å²) in [4.78, 5) is 68.0. The van der Waals surface area contributed by atoms with Gasteiger partial charge < -0.3 is 38.7 Å². The third-order valence-electron chi connectivity index (χ3n) is 3.37. The van der Waals surface area contributed by atoms with Gasteiger partial charge in [0.05, 0.1) is 12.5 Å². The largest absolute Gasteiger partial charge is 0.480 e. The van der Waals surface area contributed by atoms with Gasteiger partial charge in [0, 0.05) is 12.8 Å². The zero-order valence-corrected chi connectivity index (χ0v) is 14.5. The van der Waals surface area contributed by atoms with E-state index in [4.69, 9.17) is 28.0 Å². The quantitative estimate of drug-likeness (QED) is 0.162. The summed E-state index contributed by atoms with van der Waals surface area (Å²) in [6.07, 6.45) is -1.44. The monoisotopic (exact) mass is 388 g/mol. The second kappa shape index (κ2) is 11.4. The van der Waals surface area contributed by atoms with Crippen molar-refractivity contribution in [3.8, 4) is 0 Å². The van der Waals surface area contributed by atoms with Gasteiger partial charge >= 0.3 is 5.97 Å². The van der Waals surface area contributed by atoms with Crippen LogP contribution in [0.3, 0.4) is 0 Å². The number of nitrogens with two attached hydrogens (primary N) is 4. The fourth-order valence-electron chi connectivity index (χ4n) is 1.94. The molecule has 27 heavy (non-hydrogen) atoms. The topological polar surface area (TPSA) is 251 Å². The third-order valence-corrected chi connectivity index (χ3v) is 3.37. The van der Waals surface area contributed by atoms with E-state index in [1.54, 1.807) is 0 Å². The number of carbonyl (C=O) groups excluding carboxylic acids is 5. The molecule has 13 nitrogen and oxygen atoms in total. The molecule has 0 bridgehead atoms. The van der Waals surface area contributed by atoms with Crippen LogP contribution in [0.4, 0.5) is 0 Å². The summed E-state index contributed by atoms with van der Waals surface area (Å²) in [6, 6.07) is -4.13. The van der Waals surface area contributed by atoms with Gasteiger partial charge in [-0.1, -0.05) is 0 Å². The maximum atomic E-state index is 12.3. The Morgan fingerprint density at radius 3 is 1.67 bits per heavy atom. The number of carboxylic acids is 1. The molecule has 0 rings (SSSR count). The minimum atomic E-state index is -1.62. The van der Waals surface area contributed by atoms with Gasteiger partial charge in [-0.05, 0) is 12.8 Å². The number of aliphatic carboxylic acids is 1. The van der Waals surface area contributed by atoms with Crippen LogP contribution in [0.5, 0.6) is 0 Å². The highest BCUT2D eigenvalue weighted by Gasteiger charge is 2.29. The Labute approximate surface area is 154 Å². The number of hydrogen-bond donors (Lipinski definition) is 7. The number of primary amides is 3. The SMILES string of the molecule is NC(=O)CC[C@H](NC(=O)[C@@H](N)CCC(N)=O)C(=O)N[C@@H](CC(N)=O)C(=O)O. The van der Waals surface area contributed by atoms with Crippen LogP contribution >= 0.6 is 0 Å². The number of carboxylic acid groups (broad SMARTS) is 1. The summed E-state index contributed by atoms with van der Waals surface area (Å²) in [6.45, 7) is 0. The first-order valence-corrected chi connectivity index (χ1v) is 7.88. The lowest BCUT2D eigenvalue weighted by atomic mass is 10.1. The molecule has 0 saturated carbocycles. The van der Waals surface area contributed by atoms with E-state index < -0.39 is 60.1 Å². The molecule has 0 spiro atoms. The van der Waals surface area contributed by atoms with Gasteiger partial charge in [-0.2, -0.15) is 0 Å². The maximum absolute atomic E-state index is 12.3. The first kappa shape index (κ1) is 23.8. The van der Waals surface area contributed by atoms with Crippen LogP contribution in [-0.4, -0.2) is 58.7 Å². The zero-order chi connectivity index (χ0) is 21.1. The molecule has 13 heteroatoms. The van der Waals surface area contributed by atoms with Crippen LogP contribution in [0, 0.1) is 0 Å². The average molecular weight is 388 g/mol. The van der Waals surface area contributed by atoms with E-state index in [0.717, 1.165) is 0 Å². The van der Waals surface area contributed by atoms with Crippen molar-refractivity contribution in [1.29, 1.82) is 0 Å². The van der Waals surface area contributed by atoms with E-state index in [0.29, 0.717) is 0 Å². The Bertz CT molecular complexity index is 609. The molecule has 5 amide bonds. The van der Waals surface area contributed by atoms with Crippen molar-refractivity contribution in [2.45, 2.75) is 50.2 Å². The molecule has 0 aromatic rings. The minimum Gasteiger partial charge on any atom is -0.480 e. The molecule has 0 aliphatic rings. The Morgan fingerprint density at radius 2 is 1.22 bits per heavy atom. The van der Waals surface area contributed by atoms with Crippen LogP contribution in [0.1, 0.15) is 32.1 Å². The lowest BCUT2D eigenvalue weighted by Crippen LogP contribution is -2.55. The molecule has 0 aliphatic carbocycles. The van der Waals surface area contributed by atoms with Crippen LogP contribution in [0.25, 0.3) is 0 Å². The summed E-state index contributed by atoms with van der Waals surface area (Å²) in [5.74, 6) is -5.69. The van der Waals surface area contributed by atoms with E-state index in [-0.39, 0.29) is 25.7 Å². The van der Waals surface area contributed by atoms with Gasteiger partial charge in [-0.25, -0.2) is 4.79 Å². The fraction of sp³-hybridized carbons (Fsp3) is 0.571. The van der Waals surface area contributed by atoms with Crippen LogP contribution in [0.2, 0.25) is 0 Å². The lowest BCUT2D eigenvalue weighted by molar-refractivity contribution is -0.143. The van der Waals surface area contributed by atoms with Crippen molar-refractivity contribution in [1.82, 2.24) is 10.6 Å². The standard InChI is InChI=1S/C14H24N6O7/c15-6(1-3-9(16)21)12(24)19-7(2-4-10(17)22)13(25)20-8(14(26)27)5-11(18)23/h6-8H,1-5,15H2,(H2,16,21)(H2,17,22)(H2,18,23)(H,19,24)(H,20,25)(H,26,27)/t6-,7-,8-/m0/s1. The third kappa shape index (κ3) is 10.4. The predicted molar refractivity (Wildman–Crippen MR) is 90.1 cm³/mol. The molecule has 0 aromatic carbocycles. The molecule has 0 saturated heterocycles. The number of hydrogen-bond acceptors (Lipinski definition) is 7. The number of amides is 5. The van der Waals surface area contributed by atoms with Gasteiger partial charge in [-0.15, -0.1) is 0 Å². The molecule has 0 aromatic heterocycles. The summed E-state index contributed by atoms with van der Waals surface area (Å²) < 4.78 is 0. The van der Waals surface area contributed by atoms with Gasteiger partial charge in [0.1, 0.15) is 12.1 Å². The zero-order valence-electron chi connectivity index (χ0n) is 14.5. The lowest BCUT2D eigenvalue weighted by Gasteiger charge is -2.22. The highest BCUT2D eigenvalue weighted by Crippen LogP contribution is 2.02. The number of rotatable bonds is 13. The highest BCUT2D eigenvalue weighted by atomic mass is 16.4. The Hall–Kier alpha value is -3.22. The summed E-state index contributed by atoms with van der Waals surface area (Å²) in [7, 11) is 0. The first-order chi connectivity index (χ1) is 12.4. The first-order valence-electron chi connectivity index (χ1n) is 7.88. The van der Waals surface area contributed by atoms with Gasteiger partial charge in [0.25, 0.3) is 0 Å². The molecular weight excluding hydrogens is 364 g/mol. The predicted octanol–water partition coefficient (Wildman–Crippen LogP) is -4.23. The number of carbonyl (C=O) groups is 6. The normalized spacial score (nSPS) is 13.7. The van der Waals surface area contributed by atoms with Crippen LogP contribution in [-0.2, 0) is 28.8 Å². The maximum Gasteiger partial charge on any atom is 0.326 e. The van der Waals surface area contributed by atoms with E-state index in [1.807, 2.05) is 5.32 Å². The number of nitrogens with one attached hydrogen (secondary N) is 2. The van der Waals surface area contributed by atoms with Crippen molar-refractivity contribution in [3.63, 3.8) is 0 Å². The smallest absolute Gasteiger partial charge is 0.326 e. The van der Waals surface area contributed by atoms with E-state index >= 15 is 0 Å². The molecular formula is C14H24N6O7. The molecule has 0 radical (unpaired) electrons. The fourth-order valence-corrected chi connectivity index (χ4v) is 1.94. The van der Waals surface area contributed by atoms with Crippen molar-refractivity contribution >= 4 is 35.5 Å². The Balaban J connectivity index is 5.09. The molecule has 0 heterocycles. The molecule has 152 valence electrons. The minimum absolute atomic E-state index is 0.0786. The Morgan fingerprint density at radius 1 is 0.741 bits per heavy atom. The van der Waals surface area contributed by atoms with E-state index in [1.165, 1.54) is 0 Å². The second-order valence-corrected chi connectivity index (χ2v) is 5.75. The van der Waals surface area contributed by atoms with Crippen molar-refractivity contribution in [2.75, 3.05) is 0 Å². The molecule has 0 fully saturated rings. The molecule has 0 unspecified atom stereocenters. The molecule has 0 aliphatic heterocycles. The van der Waals surface area contributed by atoms with Crippen molar-refractivity contribution < 1.29 is 33.9 Å². The van der Waals surface area contributed by atoms with E-state index in [2.05, 4.69) is 5.32 Å². The van der Waals surface area contributed by atoms with Gasteiger partial charge in [0.15, 0.2) is 0 Å². The van der Waals surface area contributed by atoms with Gasteiger partial charge in [0.2, 0.25) is 29.5 Å². The van der Waals surface area contributed by atoms with Crippen molar-refractivity contribution in [2.24, 2.45) is 22.9 Å². The van der Waals surface area contributed by atoms with E-state index in [9.17, 15) is 28.8 Å². The van der Waals surface area contributed by atoms with Gasteiger partial charge in [-0.3, -0.25) is 24.0 Å². The summed E-state index contributed by atoms with van der Waals surface area (Å²) in [5, 5.41) is 13.3. The average Bonchev–Trinajstić information content (AvgIpc) is 2.54. The van der Waals surface area contributed by atoms with Crippen LogP contribution in [0.15, 0.2) is 0 Å². The second-order valence-electron chi connectivity index (χ2n) is 5.75. The van der Waals surface area contributed by atoms with Crippen molar-refractivity contribution in [3.05, 3.63) is 0 Å². The molecule has 11 N–H and O–H groups in total.